The van der Waals surface area contributed by atoms with Gasteiger partial charge in [0.2, 0.25) is 4.77 Å². The number of nitrogens with one attached hydrogen (secondary N) is 3. The number of nitrogens with zero attached hydrogens (tertiary/aromatic N) is 2. The van der Waals surface area contributed by atoms with Crippen molar-refractivity contribution in [1.82, 2.24) is 14.9 Å². The summed E-state index contributed by atoms with van der Waals surface area (Å²) in [6.45, 7) is 4.54. The minimum Gasteiger partial charge on any atom is -0.496 e. The molecule has 0 spiro atoms. The van der Waals surface area contributed by atoms with E-state index in [1.165, 1.54) is 0 Å². The first-order valence-corrected chi connectivity index (χ1v) is 13.1. The molecule has 1 amide bonds. The van der Waals surface area contributed by atoms with Crippen molar-refractivity contribution in [2.24, 2.45) is 0 Å². The first kappa shape index (κ1) is 27.2. The summed E-state index contributed by atoms with van der Waals surface area (Å²) in [6, 6.07) is 18.8. The predicted octanol–water partition coefficient (Wildman–Crippen LogP) is 5.85. The fourth-order valence-electron chi connectivity index (χ4n) is 3.69. The number of hydrogen-bond donors (Lipinski definition) is 3. The normalized spacial score (nSPS) is 10.6. The highest BCUT2D eigenvalue weighted by molar-refractivity contribution is 9.10. The highest BCUT2D eigenvalue weighted by atomic mass is 79.9. The summed E-state index contributed by atoms with van der Waals surface area (Å²) in [5.74, 6) is 1.98. The number of methoxy groups -OCH3 is 1. The van der Waals surface area contributed by atoms with Gasteiger partial charge in [0.05, 0.1) is 25.8 Å². The number of aryl methyl sites for hydroxylation is 1. The zero-order chi connectivity index (χ0) is 27.1. The van der Waals surface area contributed by atoms with Crippen LogP contribution in [0.15, 0.2) is 65.1 Å². The summed E-state index contributed by atoms with van der Waals surface area (Å²) in [5, 5.41) is 10.0. The van der Waals surface area contributed by atoms with Crippen molar-refractivity contribution in [3.8, 4) is 28.6 Å². The Hall–Kier alpha value is -3.83. The Labute approximate surface area is 234 Å². The van der Waals surface area contributed by atoms with Crippen LogP contribution in [0.3, 0.4) is 0 Å². The molecule has 0 saturated carbocycles. The fourth-order valence-corrected chi connectivity index (χ4v) is 4.35. The Morgan fingerprint density at radius 2 is 1.82 bits per heavy atom. The number of carbonyl (C=O) groups excluding carboxylic acids is 1. The lowest BCUT2D eigenvalue weighted by Gasteiger charge is -2.16. The number of carbonyl (C=O) groups is 1. The molecule has 0 unspecified atom stereocenters. The zero-order valence-corrected chi connectivity index (χ0v) is 23.6. The molecule has 0 fully saturated rings. The van der Waals surface area contributed by atoms with Crippen LogP contribution in [-0.2, 0) is 11.3 Å². The summed E-state index contributed by atoms with van der Waals surface area (Å²) in [5.41, 5.74) is 6.82. The van der Waals surface area contributed by atoms with E-state index in [4.69, 9.17) is 26.4 Å². The van der Waals surface area contributed by atoms with Crippen molar-refractivity contribution in [3.63, 3.8) is 0 Å². The molecule has 0 saturated heterocycles. The summed E-state index contributed by atoms with van der Waals surface area (Å²) < 4.78 is 20.0. The van der Waals surface area contributed by atoms with Crippen molar-refractivity contribution < 1.29 is 19.0 Å². The Morgan fingerprint density at radius 3 is 2.55 bits per heavy atom. The van der Waals surface area contributed by atoms with E-state index in [1.54, 1.807) is 17.9 Å². The maximum Gasteiger partial charge on any atom is 0.262 e. The number of benzene rings is 3. The molecule has 38 heavy (non-hydrogen) atoms. The second kappa shape index (κ2) is 12.6. The lowest BCUT2D eigenvalue weighted by atomic mass is 10.2. The maximum atomic E-state index is 12.4. The van der Waals surface area contributed by atoms with E-state index in [-0.39, 0.29) is 12.5 Å². The lowest BCUT2D eigenvalue weighted by molar-refractivity contribution is -0.118. The summed E-state index contributed by atoms with van der Waals surface area (Å²) in [4.78, 5) is 12.4. The van der Waals surface area contributed by atoms with Gasteiger partial charge >= 0.3 is 0 Å². The lowest BCUT2D eigenvalue weighted by Crippen LogP contribution is -2.20. The monoisotopic (exact) mass is 597 g/mol. The molecule has 0 atom stereocenters. The summed E-state index contributed by atoms with van der Waals surface area (Å²) in [7, 11) is 1.61. The second-order valence-corrected chi connectivity index (χ2v) is 9.49. The highest BCUT2D eigenvalue weighted by Crippen LogP contribution is 2.34. The fraction of sp³-hybridized carbons (Fsp3) is 0.222. The third-order valence-electron chi connectivity index (χ3n) is 5.55. The van der Waals surface area contributed by atoms with Gasteiger partial charge in [-0.05, 0) is 68.0 Å². The molecule has 0 radical (unpaired) electrons. The molecule has 0 bridgehead atoms. The zero-order valence-electron chi connectivity index (χ0n) is 21.2. The molecule has 11 heteroatoms. The smallest absolute Gasteiger partial charge is 0.262 e. The van der Waals surface area contributed by atoms with Crippen LogP contribution in [0.2, 0.25) is 0 Å². The maximum absolute atomic E-state index is 12.4. The van der Waals surface area contributed by atoms with Crippen LogP contribution in [-0.4, -0.2) is 41.1 Å². The molecule has 3 N–H and O–H groups in total. The molecule has 0 aliphatic rings. The number of para-hydroxylation sites is 1. The molecule has 9 nitrogen and oxygen atoms in total. The number of aromatic amines is 1. The van der Waals surface area contributed by atoms with E-state index in [0.29, 0.717) is 46.7 Å². The van der Waals surface area contributed by atoms with Crippen molar-refractivity contribution >= 4 is 39.7 Å². The van der Waals surface area contributed by atoms with E-state index in [0.717, 1.165) is 21.2 Å². The van der Waals surface area contributed by atoms with Gasteiger partial charge in [-0.2, -0.15) is 5.10 Å². The van der Waals surface area contributed by atoms with Crippen molar-refractivity contribution in [1.29, 1.82) is 0 Å². The van der Waals surface area contributed by atoms with Gasteiger partial charge in [0.15, 0.2) is 23.9 Å². The van der Waals surface area contributed by atoms with Gasteiger partial charge in [-0.25, -0.2) is 9.77 Å². The number of rotatable bonds is 11. The van der Waals surface area contributed by atoms with Gasteiger partial charge in [0.25, 0.3) is 5.91 Å². The van der Waals surface area contributed by atoms with Crippen molar-refractivity contribution in [2.45, 2.75) is 20.4 Å². The molecule has 0 aliphatic carbocycles. The number of aromatic nitrogens is 3. The third-order valence-corrected chi connectivity index (χ3v) is 6.57. The van der Waals surface area contributed by atoms with E-state index < -0.39 is 0 Å². The van der Waals surface area contributed by atoms with Gasteiger partial charge in [-0.15, -0.1) is 0 Å². The van der Waals surface area contributed by atoms with Gasteiger partial charge in [0, 0.05) is 10.2 Å². The van der Waals surface area contributed by atoms with E-state index in [9.17, 15) is 4.79 Å². The topological polar surface area (TPSA) is 102 Å². The Morgan fingerprint density at radius 1 is 1.08 bits per heavy atom. The van der Waals surface area contributed by atoms with Gasteiger partial charge < -0.3 is 25.0 Å². The van der Waals surface area contributed by atoms with E-state index in [2.05, 4.69) is 36.9 Å². The standard InChI is InChI=1S/C27H28BrN5O4S/c1-4-36-23-13-18(15-29-33-26(31-32-27(33)38)20-7-5-6-8-22(20)35-3)21(28)14-24(23)37-16-25(34)30-19-11-9-17(2)10-12-19/h5-14,29H,4,15-16H2,1-3H3,(H,30,34)(H,32,38). The van der Waals surface area contributed by atoms with Gasteiger partial charge in [-0.1, -0.05) is 45.8 Å². The number of halogens is 1. The summed E-state index contributed by atoms with van der Waals surface area (Å²) >= 11 is 9.06. The molecule has 0 aliphatic heterocycles. The molecule has 1 aromatic heterocycles. The van der Waals surface area contributed by atoms with Crippen LogP contribution < -0.4 is 25.0 Å². The average Bonchev–Trinajstić information content (AvgIpc) is 3.29. The molecular formula is C27H28BrN5O4S. The minimum absolute atomic E-state index is 0.162. The number of anilines is 1. The number of H-pyrrole nitrogens is 1. The molecule has 1 heterocycles. The van der Waals surface area contributed by atoms with E-state index in [1.807, 2.05) is 68.4 Å². The Balaban J connectivity index is 1.49. The number of ether oxygens (including phenoxy) is 3. The number of hydrogen-bond acceptors (Lipinski definition) is 7. The Bertz CT molecular complexity index is 1470. The minimum atomic E-state index is -0.267. The van der Waals surface area contributed by atoms with E-state index >= 15 is 0 Å². The first-order chi connectivity index (χ1) is 18.4. The van der Waals surface area contributed by atoms with Crippen LogP contribution in [0.25, 0.3) is 11.4 Å². The van der Waals surface area contributed by atoms with Gasteiger partial charge in [0.1, 0.15) is 5.75 Å². The first-order valence-electron chi connectivity index (χ1n) is 11.9. The van der Waals surface area contributed by atoms with Gasteiger partial charge in [-0.3, -0.25) is 4.79 Å². The third kappa shape index (κ3) is 6.53. The molecular weight excluding hydrogens is 570 g/mol. The van der Waals surface area contributed by atoms with Crippen LogP contribution in [0.1, 0.15) is 18.1 Å². The van der Waals surface area contributed by atoms with Crippen LogP contribution >= 0.6 is 28.1 Å². The predicted molar refractivity (Wildman–Crippen MR) is 153 cm³/mol. The van der Waals surface area contributed by atoms with Crippen molar-refractivity contribution in [2.75, 3.05) is 31.1 Å². The molecule has 4 rings (SSSR count). The van der Waals surface area contributed by atoms with Crippen LogP contribution in [0, 0.1) is 11.7 Å². The second-order valence-electron chi connectivity index (χ2n) is 8.25. The molecule has 3 aromatic carbocycles. The molecule has 198 valence electrons. The van der Waals surface area contributed by atoms with Crippen LogP contribution in [0.4, 0.5) is 5.69 Å². The average molecular weight is 599 g/mol. The van der Waals surface area contributed by atoms with Crippen LogP contribution in [0.5, 0.6) is 17.2 Å². The quantitative estimate of drug-likeness (QED) is 0.186. The Kier molecular flexibility index (Phi) is 9.03. The SMILES string of the molecule is CCOc1cc(CNn2c(-c3ccccc3OC)n[nH]c2=S)c(Br)cc1OCC(=O)Nc1ccc(C)cc1. The highest BCUT2D eigenvalue weighted by Gasteiger charge is 2.16. The summed E-state index contributed by atoms with van der Waals surface area (Å²) in [6.07, 6.45) is 0. The van der Waals surface area contributed by atoms with Crippen molar-refractivity contribution in [3.05, 3.63) is 81.0 Å². The molecule has 4 aromatic rings. The number of amides is 1. The largest absolute Gasteiger partial charge is 0.496 e.